The van der Waals surface area contributed by atoms with E-state index in [1.807, 2.05) is 11.3 Å². The van der Waals surface area contributed by atoms with E-state index in [1.54, 1.807) is 0 Å². The largest absolute Gasteiger partial charge is 0.335 e. The zero-order valence-electron chi connectivity index (χ0n) is 12.1. The Morgan fingerprint density at radius 3 is 2.95 bits per heavy atom. The van der Waals surface area contributed by atoms with E-state index in [4.69, 9.17) is 10.8 Å². The molecule has 3 N–H and O–H groups in total. The lowest BCUT2D eigenvalue weighted by Crippen LogP contribution is -2.48. The van der Waals surface area contributed by atoms with Crippen molar-refractivity contribution in [2.24, 2.45) is 10.8 Å². The van der Waals surface area contributed by atoms with Gasteiger partial charge in [0.1, 0.15) is 0 Å². The van der Waals surface area contributed by atoms with Crippen LogP contribution in [0.1, 0.15) is 55.5 Å². The molecule has 1 aromatic heterocycles. The minimum absolute atomic E-state index is 0.364. The molecule has 1 atom stereocenters. The molecule has 1 aliphatic carbocycles. The number of hydrazine groups is 1. The molecule has 2 aliphatic rings. The number of guanidine groups is 1. The van der Waals surface area contributed by atoms with Gasteiger partial charge < -0.3 is 4.90 Å². The van der Waals surface area contributed by atoms with Crippen LogP contribution < -0.4 is 11.3 Å². The van der Waals surface area contributed by atoms with Crippen molar-refractivity contribution >= 4 is 17.3 Å². The van der Waals surface area contributed by atoms with Gasteiger partial charge in [0.15, 0.2) is 0 Å². The molecule has 1 aromatic rings. The molecule has 1 saturated carbocycles. The normalized spacial score (nSPS) is 24.6. The summed E-state index contributed by atoms with van der Waals surface area (Å²) in [6.07, 6.45) is 7.47. The maximum absolute atomic E-state index is 5.76. The third-order valence-electron chi connectivity index (χ3n) is 4.56. The third kappa shape index (κ3) is 2.69. The smallest absolute Gasteiger partial charge is 0.209 e. The second kappa shape index (κ2) is 6.14. The number of hydrogen-bond donors (Lipinski definition) is 2. The molecule has 2 heterocycles. The summed E-state index contributed by atoms with van der Waals surface area (Å²) in [7, 11) is 0. The average molecular weight is 292 g/mol. The van der Waals surface area contributed by atoms with Gasteiger partial charge in [0, 0.05) is 11.4 Å². The number of hydrogen-bond acceptors (Lipinski definition) is 3. The van der Waals surface area contributed by atoms with E-state index in [0.717, 1.165) is 18.9 Å². The Morgan fingerprint density at radius 1 is 1.40 bits per heavy atom. The first-order valence-corrected chi connectivity index (χ1v) is 8.55. The Labute approximate surface area is 125 Å². The summed E-state index contributed by atoms with van der Waals surface area (Å²) in [5, 5.41) is 2.19. The Morgan fingerprint density at radius 2 is 2.20 bits per heavy atom. The molecule has 0 radical (unpaired) electrons. The first kappa shape index (κ1) is 13.9. The lowest BCUT2D eigenvalue weighted by atomic mass is 9.96. The highest BCUT2D eigenvalue weighted by Crippen LogP contribution is 2.33. The van der Waals surface area contributed by atoms with Gasteiger partial charge in [-0.15, -0.1) is 11.3 Å². The van der Waals surface area contributed by atoms with Gasteiger partial charge in [-0.05, 0) is 43.2 Å². The molecular formula is C15H24N4S. The van der Waals surface area contributed by atoms with E-state index < -0.39 is 0 Å². The zero-order valence-corrected chi connectivity index (χ0v) is 13.0. The molecule has 3 rings (SSSR count). The van der Waals surface area contributed by atoms with Crippen LogP contribution in [-0.2, 0) is 6.42 Å². The molecule has 1 aliphatic heterocycles. The molecule has 0 bridgehead atoms. The van der Waals surface area contributed by atoms with Crippen LogP contribution in [0.3, 0.4) is 0 Å². The van der Waals surface area contributed by atoms with E-state index in [9.17, 15) is 0 Å². The van der Waals surface area contributed by atoms with Crippen LogP contribution in [0.2, 0.25) is 0 Å². The monoisotopic (exact) mass is 292 g/mol. The number of nitrogens with zero attached hydrogens (tertiary/aromatic N) is 2. The summed E-state index contributed by atoms with van der Waals surface area (Å²) in [6, 6.07) is 3.06. The van der Waals surface area contributed by atoms with Gasteiger partial charge in [-0.25, -0.2) is 10.8 Å². The van der Waals surface area contributed by atoms with Crippen LogP contribution in [0.25, 0.3) is 0 Å². The van der Waals surface area contributed by atoms with Gasteiger partial charge in [-0.3, -0.25) is 5.43 Å². The molecule has 5 heteroatoms. The molecule has 1 unspecified atom stereocenters. The second-order valence-electron chi connectivity index (χ2n) is 5.81. The molecule has 1 fully saturated rings. The number of nitrogens with two attached hydrogens (primary N) is 1. The summed E-state index contributed by atoms with van der Waals surface area (Å²) in [5.41, 5.74) is 4.29. The molecule has 20 heavy (non-hydrogen) atoms. The van der Waals surface area contributed by atoms with E-state index in [2.05, 4.69) is 28.7 Å². The van der Waals surface area contributed by atoms with Crippen molar-refractivity contribution in [2.45, 2.75) is 57.5 Å². The molecule has 0 spiro atoms. The zero-order chi connectivity index (χ0) is 13.9. The van der Waals surface area contributed by atoms with E-state index in [-0.39, 0.29) is 0 Å². The fourth-order valence-corrected chi connectivity index (χ4v) is 4.34. The highest BCUT2D eigenvalue weighted by molar-refractivity contribution is 7.10. The fourth-order valence-electron chi connectivity index (χ4n) is 3.38. The first-order valence-electron chi connectivity index (χ1n) is 7.67. The van der Waals surface area contributed by atoms with Crippen LogP contribution >= 0.6 is 11.3 Å². The summed E-state index contributed by atoms with van der Waals surface area (Å²) in [5.74, 6) is 6.63. The summed E-state index contributed by atoms with van der Waals surface area (Å²) < 4.78 is 0. The van der Waals surface area contributed by atoms with Crippen molar-refractivity contribution < 1.29 is 0 Å². The number of rotatable bonds is 1. The van der Waals surface area contributed by atoms with E-state index in [1.165, 1.54) is 42.5 Å². The Kier molecular flexibility index (Phi) is 4.27. The van der Waals surface area contributed by atoms with Crippen molar-refractivity contribution in [1.29, 1.82) is 0 Å². The maximum atomic E-state index is 5.76. The van der Waals surface area contributed by atoms with Gasteiger partial charge in [0.2, 0.25) is 5.96 Å². The van der Waals surface area contributed by atoms with Crippen molar-refractivity contribution in [2.75, 3.05) is 6.54 Å². The predicted molar refractivity (Wildman–Crippen MR) is 84.8 cm³/mol. The standard InChI is InChI=1S/C15H24N4S/c1-11-13-8-10-20-14(13)7-9-19(11)15(18-16)17-12-5-3-2-4-6-12/h8,10-12H,2-7,9,16H2,1H3,(H,17,18). The lowest BCUT2D eigenvalue weighted by Gasteiger charge is -2.36. The number of thiophene rings is 1. The van der Waals surface area contributed by atoms with Gasteiger partial charge in [0.25, 0.3) is 0 Å². The topological polar surface area (TPSA) is 53.6 Å². The summed E-state index contributed by atoms with van der Waals surface area (Å²) in [6.45, 7) is 3.25. The maximum Gasteiger partial charge on any atom is 0.209 e. The summed E-state index contributed by atoms with van der Waals surface area (Å²) in [4.78, 5) is 8.73. The van der Waals surface area contributed by atoms with Crippen LogP contribution in [0.5, 0.6) is 0 Å². The van der Waals surface area contributed by atoms with Crippen LogP contribution in [0, 0.1) is 0 Å². The number of fused-ring (bicyclic) bond motifs is 1. The SMILES string of the molecule is CC1c2ccsc2CCN1C(=NC1CCCCC1)NN. The van der Waals surface area contributed by atoms with Crippen LogP contribution in [0.15, 0.2) is 16.4 Å². The van der Waals surface area contributed by atoms with Crippen molar-refractivity contribution in [3.63, 3.8) is 0 Å². The lowest BCUT2D eigenvalue weighted by molar-refractivity contribution is 0.306. The minimum atomic E-state index is 0.364. The highest BCUT2D eigenvalue weighted by Gasteiger charge is 2.27. The quantitative estimate of drug-likeness (QED) is 0.362. The summed E-state index contributed by atoms with van der Waals surface area (Å²) >= 11 is 1.87. The fraction of sp³-hybridized carbons (Fsp3) is 0.667. The third-order valence-corrected chi connectivity index (χ3v) is 5.55. The van der Waals surface area contributed by atoms with Crippen molar-refractivity contribution in [3.05, 3.63) is 21.9 Å². The van der Waals surface area contributed by atoms with Gasteiger partial charge in [0.05, 0.1) is 12.1 Å². The van der Waals surface area contributed by atoms with Crippen LogP contribution in [0.4, 0.5) is 0 Å². The van der Waals surface area contributed by atoms with E-state index in [0.29, 0.717) is 12.1 Å². The number of aliphatic imine (C=N–C) groups is 1. The Hall–Kier alpha value is -1.07. The molecular weight excluding hydrogens is 268 g/mol. The van der Waals surface area contributed by atoms with E-state index >= 15 is 0 Å². The molecule has 0 saturated heterocycles. The Bertz CT molecular complexity index is 476. The predicted octanol–water partition coefficient (Wildman–Crippen LogP) is 2.82. The molecule has 0 amide bonds. The van der Waals surface area contributed by atoms with Crippen molar-refractivity contribution in [1.82, 2.24) is 10.3 Å². The van der Waals surface area contributed by atoms with Gasteiger partial charge in [-0.2, -0.15) is 0 Å². The second-order valence-corrected chi connectivity index (χ2v) is 6.81. The highest BCUT2D eigenvalue weighted by atomic mass is 32.1. The minimum Gasteiger partial charge on any atom is -0.335 e. The van der Waals surface area contributed by atoms with Crippen molar-refractivity contribution in [3.8, 4) is 0 Å². The Balaban J connectivity index is 1.77. The molecule has 0 aromatic carbocycles. The number of nitrogens with one attached hydrogen (secondary N) is 1. The van der Waals surface area contributed by atoms with Gasteiger partial charge >= 0.3 is 0 Å². The molecule has 4 nitrogen and oxygen atoms in total. The molecule has 110 valence electrons. The first-order chi connectivity index (χ1) is 9.79. The van der Waals surface area contributed by atoms with Crippen LogP contribution in [-0.4, -0.2) is 23.4 Å². The average Bonchev–Trinajstić information content (AvgIpc) is 2.96. The van der Waals surface area contributed by atoms with Gasteiger partial charge in [-0.1, -0.05) is 19.3 Å².